The molecule has 0 unspecified atom stereocenters. The van der Waals surface area contributed by atoms with E-state index >= 15 is 0 Å². The number of hydrogen-bond acceptors (Lipinski definition) is 5. The summed E-state index contributed by atoms with van der Waals surface area (Å²) >= 11 is 1.33. The number of likely N-dealkylation sites (tertiary alicyclic amines) is 1. The molecule has 30 heavy (non-hydrogen) atoms. The molecule has 4 rings (SSSR count). The van der Waals surface area contributed by atoms with Crippen LogP contribution < -0.4 is 15.8 Å². The number of amides is 2. The van der Waals surface area contributed by atoms with Gasteiger partial charge < -0.3 is 15.8 Å². The predicted molar refractivity (Wildman–Crippen MR) is 120 cm³/mol. The Bertz CT molecular complexity index is 1090. The number of hydrogen-bond donors (Lipinski definition) is 2. The number of rotatable bonds is 6. The number of methoxy groups -OCH3 is 1. The van der Waals surface area contributed by atoms with Crippen LogP contribution in [0.1, 0.15) is 45.5 Å². The minimum atomic E-state index is -0.580. The molecule has 0 aliphatic carbocycles. The fourth-order valence-electron chi connectivity index (χ4n) is 3.90. The topological polar surface area (TPSA) is 84.7 Å². The van der Waals surface area contributed by atoms with Crippen molar-refractivity contribution in [1.82, 2.24) is 4.90 Å². The van der Waals surface area contributed by atoms with E-state index in [9.17, 15) is 9.59 Å². The zero-order chi connectivity index (χ0) is 21.1. The van der Waals surface area contributed by atoms with Gasteiger partial charge in [-0.1, -0.05) is 18.6 Å². The lowest BCUT2D eigenvalue weighted by Crippen LogP contribution is -2.29. The summed E-state index contributed by atoms with van der Waals surface area (Å²) in [4.78, 5) is 27.5. The van der Waals surface area contributed by atoms with Gasteiger partial charge in [0.05, 0.1) is 12.7 Å². The van der Waals surface area contributed by atoms with Crippen LogP contribution in [0.15, 0.2) is 42.5 Å². The standard InChI is InChI=1S/C23H25N3O3S/c1-29-17-8-9-19-18(13-17)20(21(24)27)23(30-19)25-22(28)16-7-5-6-15(12-16)14-26-10-3-2-4-11-26/h5-9,12-13H,2-4,10-11,14H2,1H3,(H2,24,27)(H,25,28). The lowest BCUT2D eigenvalue weighted by Gasteiger charge is -2.26. The van der Waals surface area contributed by atoms with Gasteiger partial charge in [0.25, 0.3) is 11.8 Å². The maximum absolute atomic E-state index is 12.9. The van der Waals surface area contributed by atoms with Gasteiger partial charge in [0.1, 0.15) is 10.8 Å². The number of ether oxygens (including phenoxy) is 1. The Morgan fingerprint density at radius 2 is 1.93 bits per heavy atom. The molecular weight excluding hydrogens is 398 g/mol. The van der Waals surface area contributed by atoms with E-state index in [2.05, 4.69) is 10.2 Å². The van der Waals surface area contributed by atoms with Crippen LogP contribution in [0.2, 0.25) is 0 Å². The van der Waals surface area contributed by atoms with Crippen LogP contribution in [0.5, 0.6) is 5.75 Å². The first-order valence-corrected chi connectivity index (χ1v) is 10.9. The number of carbonyl (C=O) groups is 2. The van der Waals surface area contributed by atoms with Crippen molar-refractivity contribution in [2.45, 2.75) is 25.8 Å². The van der Waals surface area contributed by atoms with Gasteiger partial charge >= 0.3 is 0 Å². The van der Waals surface area contributed by atoms with Crippen LogP contribution in [-0.4, -0.2) is 36.9 Å². The molecule has 3 aromatic rings. The average Bonchev–Trinajstić information content (AvgIpc) is 3.11. The molecule has 3 N–H and O–H groups in total. The molecule has 2 heterocycles. The molecule has 0 spiro atoms. The van der Waals surface area contributed by atoms with E-state index in [1.54, 1.807) is 19.2 Å². The Labute approximate surface area is 179 Å². The van der Waals surface area contributed by atoms with Gasteiger partial charge in [-0.3, -0.25) is 14.5 Å². The molecule has 1 saturated heterocycles. The summed E-state index contributed by atoms with van der Waals surface area (Å²) in [6.07, 6.45) is 3.75. The first kappa shape index (κ1) is 20.4. The van der Waals surface area contributed by atoms with Gasteiger partial charge in [-0.2, -0.15) is 0 Å². The smallest absolute Gasteiger partial charge is 0.256 e. The number of anilines is 1. The summed E-state index contributed by atoms with van der Waals surface area (Å²) in [6, 6.07) is 13.1. The summed E-state index contributed by atoms with van der Waals surface area (Å²) in [5.74, 6) is -0.203. The van der Waals surface area contributed by atoms with Gasteiger partial charge in [0.2, 0.25) is 0 Å². The van der Waals surface area contributed by atoms with Crippen LogP contribution >= 0.6 is 11.3 Å². The molecule has 0 bridgehead atoms. The number of piperidine rings is 1. The molecule has 7 heteroatoms. The van der Waals surface area contributed by atoms with Crippen molar-refractivity contribution in [2.24, 2.45) is 5.73 Å². The molecule has 1 fully saturated rings. The lowest BCUT2D eigenvalue weighted by molar-refractivity contribution is 0.100. The molecule has 2 aromatic carbocycles. The Balaban J connectivity index is 1.58. The molecule has 0 atom stereocenters. The number of thiophene rings is 1. The van der Waals surface area contributed by atoms with E-state index in [0.717, 1.165) is 29.9 Å². The van der Waals surface area contributed by atoms with E-state index in [-0.39, 0.29) is 5.91 Å². The van der Waals surface area contributed by atoms with E-state index in [1.165, 1.54) is 30.6 Å². The zero-order valence-electron chi connectivity index (χ0n) is 16.9. The fraction of sp³-hybridized carbons (Fsp3) is 0.304. The average molecular weight is 424 g/mol. The van der Waals surface area contributed by atoms with E-state index in [0.29, 0.717) is 27.3 Å². The molecule has 1 aromatic heterocycles. The maximum Gasteiger partial charge on any atom is 0.256 e. The van der Waals surface area contributed by atoms with Gasteiger partial charge in [0, 0.05) is 22.2 Å². The lowest BCUT2D eigenvalue weighted by atomic mass is 10.1. The third-order valence-corrected chi connectivity index (χ3v) is 6.50. The molecule has 0 radical (unpaired) electrons. The Hall–Kier alpha value is -2.90. The first-order chi connectivity index (χ1) is 14.5. The number of nitrogens with one attached hydrogen (secondary N) is 1. The highest BCUT2D eigenvalue weighted by Gasteiger charge is 2.20. The van der Waals surface area contributed by atoms with Crippen molar-refractivity contribution in [2.75, 3.05) is 25.5 Å². The second kappa shape index (κ2) is 8.85. The highest BCUT2D eigenvalue weighted by molar-refractivity contribution is 7.23. The summed E-state index contributed by atoms with van der Waals surface area (Å²) in [6.45, 7) is 3.05. The number of carbonyl (C=O) groups excluding carboxylic acids is 2. The second-order valence-corrected chi connectivity index (χ2v) is 8.58. The van der Waals surface area contributed by atoms with Crippen molar-refractivity contribution < 1.29 is 14.3 Å². The molecule has 6 nitrogen and oxygen atoms in total. The minimum Gasteiger partial charge on any atom is -0.497 e. The Morgan fingerprint density at radius 3 is 2.67 bits per heavy atom. The van der Waals surface area contributed by atoms with Crippen LogP contribution in [0.3, 0.4) is 0 Å². The highest BCUT2D eigenvalue weighted by atomic mass is 32.1. The molecule has 1 aliphatic rings. The summed E-state index contributed by atoms with van der Waals surface area (Å²) in [5, 5.41) is 4.03. The van der Waals surface area contributed by atoms with E-state index < -0.39 is 5.91 Å². The number of benzene rings is 2. The SMILES string of the molecule is COc1ccc2sc(NC(=O)c3cccc(CN4CCCCC4)c3)c(C(N)=O)c2c1. The van der Waals surface area contributed by atoms with Crippen LogP contribution in [0.4, 0.5) is 5.00 Å². The number of primary amides is 1. The van der Waals surface area contributed by atoms with Crippen molar-refractivity contribution in [3.8, 4) is 5.75 Å². The molecule has 1 aliphatic heterocycles. The van der Waals surface area contributed by atoms with Gasteiger partial charge in [-0.05, 0) is 61.8 Å². The quantitative estimate of drug-likeness (QED) is 0.621. The van der Waals surface area contributed by atoms with Crippen molar-refractivity contribution >= 4 is 38.2 Å². The van der Waals surface area contributed by atoms with Crippen LogP contribution in [0, 0.1) is 0 Å². The van der Waals surface area contributed by atoms with Gasteiger partial charge in [-0.15, -0.1) is 11.3 Å². The second-order valence-electron chi connectivity index (χ2n) is 7.52. The summed E-state index contributed by atoms with van der Waals surface area (Å²) in [5.41, 5.74) is 7.62. The molecular formula is C23H25N3O3S. The number of nitrogens with two attached hydrogens (primary N) is 1. The molecule has 156 valence electrons. The Kier molecular flexibility index (Phi) is 6.01. The van der Waals surface area contributed by atoms with Crippen LogP contribution in [0.25, 0.3) is 10.1 Å². The summed E-state index contributed by atoms with van der Waals surface area (Å²) in [7, 11) is 1.57. The van der Waals surface area contributed by atoms with E-state index in [4.69, 9.17) is 10.5 Å². The number of fused-ring (bicyclic) bond motifs is 1. The predicted octanol–water partition coefficient (Wildman–Crippen LogP) is 4.25. The number of nitrogens with zero attached hydrogens (tertiary/aromatic N) is 1. The fourth-order valence-corrected chi connectivity index (χ4v) is 4.98. The third kappa shape index (κ3) is 4.32. The monoisotopic (exact) mass is 423 g/mol. The zero-order valence-corrected chi connectivity index (χ0v) is 17.8. The van der Waals surface area contributed by atoms with E-state index in [1.807, 2.05) is 30.3 Å². The highest BCUT2D eigenvalue weighted by Crippen LogP contribution is 2.37. The largest absolute Gasteiger partial charge is 0.497 e. The van der Waals surface area contributed by atoms with Crippen molar-refractivity contribution in [3.05, 3.63) is 59.2 Å². The van der Waals surface area contributed by atoms with Crippen LogP contribution in [-0.2, 0) is 6.54 Å². The first-order valence-electron chi connectivity index (χ1n) is 10.1. The molecule has 2 amide bonds. The van der Waals surface area contributed by atoms with Crippen molar-refractivity contribution in [3.63, 3.8) is 0 Å². The Morgan fingerprint density at radius 1 is 1.13 bits per heavy atom. The summed E-state index contributed by atoms with van der Waals surface area (Å²) < 4.78 is 6.11. The minimum absolute atomic E-state index is 0.253. The third-order valence-electron chi connectivity index (χ3n) is 5.41. The van der Waals surface area contributed by atoms with Gasteiger partial charge in [0.15, 0.2) is 0 Å². The maximum atomic E-state index is 12.9. The normalized spacial score (nSPS) is 14.6. The van der Waals surface area contributed by atoms with Crippen molar-refractivity contribution in [1.29, 1.82) is 0 Å². The molecule has 0 saturated carbocycles. The van der Waals surface area contributed by atoms with Gasteiger partial charge in [-0.25, -0.2) is 0 Å².